The third-order valence-electron chi connectivity index (χ3n) is 2.92. The minimum atomic E-state index is -0.642. The molecular weight excluding hydrogens is 308 g/mol. The van der Waals surface area contributed by atoms with Crippen LogP contribution in [-0.4, -0.2) is 29.5 Å². The molecule has 22 heavy (non-hydrogen) atoms. The van der Waals surface area contributed by atoms with Crippen molar-refractivity contribution in [3.05, 3.63) is 57.0 Å². The fourth-order valence-corrected chi connectivity index (χ4v) is 2.00. The number of rotatable bonds is 5. The van der Waals surface area contributed by atoms with Gasteiger partial charge in [-0.3, -0.25) is 4.79 Å². The Morgan fingerprint density at radius 3 is 2.77 bits per heavy atom. The summed E-state index contributed by atoms with van der Waals surface area (Å²) < 4.78 is 11.3. The van der Waals surface area contributed by atoms with Gasteiger partial charge in [0, 0.05) is 18.2 Å². The highest BCUT2D eigenvalue weighted by molar-refractivity contribution is 6.30. The molecule has 0 N–H and O–H groups in total. The summed E-state index contributed by atoms with van der Waals surface area (Å²) in [5.74, 6) is -0.248. The lowest BCUT2D eigenvalue weighted by Gasteiger charge is -2.08. The van der Waals surface area contributed by atoms with Gasteiger partial charge >= 0.3 is 5.97 Å². The van der Waals surface area contributed by atoms with E-state index in [9.17, 15) is 9.59 Å². The van der Waals surface area contributed by atoms with Gasteiger partial charge in [0.25, 0.3) is 5.56 Å². The van der Waals surface area contributed by atoms with Crippen molar-refractivity contribution in [2.45, 2.75) is 13.5 Å². The molecule has 2 aromatic rings. The van der Waals surface area contributed by atoms with Crippen LogP contribution in [0.1, 0.15) is 16.1 Å². The lowest BCUT2D eigenvalue weighted by Crippen LogP contribution is -2.27. The van der Waals surface area contributed by atoms with Crippen LogP contribution >= 0.6 is 11.6 Å². The third kappa shape index (κ3) is 3.93. The number of hydrogen-bond donors (Lipinski definition) is 0. The molecule has 0 radical (unpaired) electrons. The van der Waals surface area contributed by atoms with Gasteiger partial charge in [0.2, 0.25) is 0 Å². The summed E-state index contributed by atoms with van der Waals surface area (Å²) in [7, 11) is 1.52. The topological polar surface area (TPSA) is 70.4 Å². The van der Waals surface area contributed by atoms with E-state index in [0.717, 1.165) is 10.2 Å². The van der Waals surface area contributed by atoms with Gasteiger partial charge in [-0.2, -0.15) is 5.10 Å². The first-order valence-electron chi connectivity index (χ1n) is 6.56. The maximum atomic E-state index is 12.1. The standard InChI is InChI=1S/C15H15ClN2O4/c1-10-9-11(16)3-5-13(10)22-15(20)12-4-6-14(19)18(17-12)7-8-21-2/h3-6,9H,7-8H2,1-2H3. The molecule has 0 aliphatic rings. The summed E-state index contributed by atoms with van der Waals surface area (Å²) >= 11 is 5.85. The minimum absolute atomic E-state index is 0.0463. The van der Waals surface area contributed by atoms with Crippen molar-refractivity contribution in [2.75, 3.05) is 13.7 Å². The van der Waals surface area contributed by atoms with Gasteiger partial charge in [0.05, 0.1) is 13.2 Å². The SMILES string of the molecule is COCCn1nc(C(=O)Oc2ccc(Cl)cc2C)ccc1=O. The van der Waals surface area contributed by atoms with Crippen LogP contribution in [0.5, 0.6) is 5.75 Å². The number of carbonyl (C=O) groups excluding carboxylic acids is 1. The van der Waals surface area contributed by atoms with Gasteiger partial charge in [-0.25, -0.2) is 9.48 Å². The molecule has 116 valence electrons. The highest BCUT2D eigenvalue weighted by atomic mass is 35.5. The molecule has 0 saturated carbocycles. The Balaban J connectivity index is 2.20. The molecule has 0 saturated heterocycles. The van der Waals surface area contributed by atoms with Crippen molar-refractivity contribution in [1.82, 2.24) is 9.78 Å². The van der Waals surface area contributed by atoms with E-state index in [2.05, 4.69) is 5.10 Å². The Bertz CT molecular complexity index is 743. The maximum Gasteiger partial charge on any atom is 0.364 e. The number of aryl methyl sites for hydroxylation is 1. The number of esters is 1. The maximum absolute atomic E-state index is 12.1. The zero-order valence-corrected chi connectivity index (χ0v) is 13.0. The van der Waals surface area contributed by atoms with Crippen LogP contribution in [0.2, 0.25) is 5.02 Å². The molecule has 7 heteroatoms. The molecule has 1 aromatic heterocycles. The first kappa shape index (κ1) is 16.2. The monoisotopic (exact) mass is 322 g/mol. The van der Waals surface area contributed by atoms with Crippen molar-refractivity contribution in [3.8, 4) is 5.75 Å². The lowest BCUT2D eigenvalue weighted by atomic mass is 10.2. The highest BCUT2D eigenvalue weighted by Gasteiger charge is 2.13. The number of hydrogen-bond acceptors (Lipinski definition) is 5. The van der Waals surface area contributed by atoms with Crippen LogP contribution in [0.25, 0.3) is 0 Å². The molecule has 0 aliphatic carbocycles. The van der Waals surface area contributed by atoms with Crippen LogP contribution in [0.4, 0.5) is 0 Å². The number of ether oxygens (including phenoxy) is 2. The predicted molar refractivity (Wildman–Crippen MR) is 81.5 cm³/mol. The quantitative estimate of drug-likeness (QED) is 0.622. The Hall–Kier alpha value is -2.18. The van der Waals surface area contributed by atoms with E-state index in [-0.39, 0.29) is 17.8 Å². The van der Waals surface area contributed by atoms with Crippen molar-refractivity contribution in [1.29, 1.82) is 0 Å². The number of benzene rings is 1. The molecule has 0 unspecified atom stereocenters. The molecule has 0 spiro atoms. The van der Waals surface area contributed by atoms with Gasteiger partial charge < -0.3 is 9.47 Å². The van der Waals surface area contributed by atoms with Gasteiger partial charge in [-0.1, -0.05) is 11.6 Å². The molecule has 0 bridgehead atoms. The fourth-order valence-electron chi connectivity index (χ4n) is 1.78. The number of aromatic nitrogens is 2. The number of nitrogens with zero attached hydrogens (tertiary/aromatic N) is 2. The Labute approximate surface area is 132 Å². The largest absolute Gasteiger partial charge is 0.421 e. The Morgan fingerprint density at radius 1 is 1.32 bits per heavy atom. The second-order valence-electron chi connectivity index (χ2n) is 4.57. The summed E-state index contributed by atoms with van der Waals surface area (Å²) in [6.07, 6.45) is 0. The van der Waals surface area contributed by atoms with Crippen LogP contribution in [0, 0.1) is 6.92 Å². The molecule has 6 nitrogen and oxygen atoms in total. The van der Waals surface area contributed by atoms with E-state index in [4.69, 9.17) is 21.1 Å². The molecule has 0 amide bonds. The van der Waals surface area contributed by atoms with Gasteiger partial charge in [0.15, 0.2) is 5.69 Å². The van der Waals surface area contributed by atoms with Gasteiger partial charge in [-0.15, -0.1) is 0 Å². The fraction of sp³-hybridized carbons (Fsp3) is 0.267. The predicted octanol–water partition coefficient (Wildman–Crippen LogP) is 2.07. The molecule has 0 fully saturated rings. The highest BCUT2D eigenvalue weighted by Crippen LogP contribution is 2.22. The summed E-state index contributed by atoms with van der Waals surface area (Å²) in [5.41, 5.74) is 0.467. The Morgan fingerprint density at radius 2 is 2.09 bits per heavy atom. The van der Waals surface area contributed by atoms with Crippen molar-refractivity contribution in [2.24, 2.45) is 0 Å². The molecule has 2 rings (SSSR count). The first-order valence-corrected chi connectivity index (χ1v) is 6.94. The number of methoxy groups -OCH3 is 1. The van der Waals surface area contributed by atoms with Crippen LogP contribution < -0.4 is 10.3 Å². The molecular formula is C15H15ClN2O4. The lowest BCUT2D eigenvalue weighted by molar-refractivity contribution is 0.0723. The van der Waals surface area contributed by atoms with E-state index in [0.29, 0.717) is 17.4 Å². The van der Waals surface area contributed by atoms with E-state index < -0.39 is 5.97 Å². The summed E-state index contributed by atoms with van der Waals surface area (Å²) in [6.45, 7) is 2.36. The van der Waals surface area contributed by atoms with E-state index in [1.165, 1.54) is 19.2 Å². The van der Waals surface area contributed by atoms with Crippen LogP contribution in [-0.2, 0) is 11.3 Å². The third-order valence-corrected chi connectivity index (χ3v) is 3.16. The van der Waals surface area contributed by atoms with Crippen molar-refractivity contribution < 1.29 is 14.3 Å². The average molecular weight is 323 g/mol. The summed E-state index contributed by atoms with van der Waals surface area (Å²) in [5, 5.41) is 4.54. The second kappa shape index (κ2) is 7.20. The average Bonchev–Trinajstić information content (AvgIpc) is 2.49. The second-order valence-corrected chi connectivity index (χ2v) is 5.01. The zero-order chi connectivity index (χ0) is 16.1. The summed E-state index contributed by atoms with van der Waals surface area (Å²) in [4.78, 5) is 23.8. The normalized spacial score (nSPS) is 10.5. The molecule has 1 heterocycles. The Kier molecular flexibility index (Phi) is 5.30. The minimum Gasteiger partial charge on any atom is -0.421 e. The van der Waals surface area contributed by atoms with Gasteiger partial charge in [-0.05, 0) is 36.8 Å². The smallest absolute Gasteiger partial charge is 0.364 e. The van der Waals surface area contributed by atoms with E-state index in [1.807, 2.05) is 0 Å². The van der Waals surface area contributed by atoms with Crippen LogP contribution in [0.3, 0.4) is 0 Å². The zero-order valence-electron chi connectivity index (χ0n) is 12.2. The van der Waals surface area contributed by atoms with E-state index in [1.54, 1.807) is 25.1 Å². The van der Waals surface area contributed by atoms with Crippen molar-refractivity contribution >= 4 is 17.6 Å². The van der Waals surface area contributed by atoms with Crippen LogP contribution in [0.15, 0.2) is 35.1 Å². The van der Waals surface area contributed by atoms with Crippen molar-refractivity contribution in [3.63, 3.8) is 0 Å². The molecule has 0 atom stereocenters. The number of halogens is 1. The molecule has 0 aliphatic heterocycles. The number of carbonyl (C=O) groups is 1. The first-order chi connectivity index (χ1) is 10.5. The van der Waals surface area contributed by atoms with E-state index >= 15 is 0 Å². The molecule has 1 aromatic carbocycles. The van der Waals surface area contributed by atoms with Gasteiger partial charge in [0.1, 0.15) is 5.75 Å². The summed E-state index contributed by atoms with van der Waals surface area (Å²) in [6, 6.07) is 7.53.